The molecular formula is C21H29N9S. The monoisotopic (exact) mass is 439 g/mol. The predicted octanol–water partition coefficient (Wildman–Crippen LogP) is 2.98. The molecule has 1 aliphatic carbocycles. The molecule has 1 saturated heterocycles. The summed E-state index contributed by atoms with van der Waals surface area (Å²) in [4.78, 5) is 6.66. The Morgan fingerprint density at radius 2 is 1.90 bits per heavy atom. The third kappa shape index (κ3) is 4.64. The molecule has 0 aromatic carbocycles. The number of piperidine rings is 1. The van der Waals surface area contributed by atoms with Crippen molar-refractivity contribution < 1.29 is 0 Å². The molecule has 3 aromatic rings. The second kappa shape index (κ2) is 9.44. The lowest BCUT2D eigenvalue weighted by Gasteiger charge is -2.31. The van der Waals surface area contributed by atoms with E-state index < -0.39 is 0 Å². The average Bonchev–Trinajstić information content (AvgIpc) is 3.55. The number of thioether (sulfide) groups is 1. The van der Waals surface area contributed by atoms with Crippen LogP contribution in [-0.4, -0.2) is 57.9 Å². The Hall–Kier alpha value is -2.33. The Kier molecular flexibility index (Phi) is 6.26. The lowest BCUT2D eigenvalue weighted by Crippen LogP contribution is -2.34. The summed E-state index contributed by atoms with van der Waals surface area (Å²) in [6, 6.07) is 4.55. The molecule has 1 aliphatic heterocycles. The van der Waals surface area contributed by atoms with E-state index in [-0.39, 0.29) is 0 Å². The minimum absolute atomic E-state index is 0.451. The maximum Gasteiger partial charge on any atom is 0.191 e. The van der Waals surface area contributed by atoms with Crippen LogP contribution in [0.4, 0.5) is 0 Å². The fourth-order valence-corrected chi connectivity index (χ4v) is 5.59. The van der Waals surface area contributed by atoms with Gasteiger partial charge in [0.05, 0.1) is 12.6 Å². The van der Waals surface area contributed by atoms with Crippen molar-refractivity contribution in [3.63, 3.8) is 0 Å². The molecule has 0 unspecified atom stereocenters. The van der Waals surface area contributed by atoms with Gasteiger partial charge in [0.25, 0.3) is 0 Å². The lowest BCUT2D eigenvalue weighted by atomic mass is 9.96. The van der Waals surface area contributed by atoms with E-state index in [0.717, 1.165) is 55.0 Å². The fourth-order valence-electron chi connectivity index (χ4n) is 4.74. The zero-order chi connectivity index (χ0) is 21.0. The van der Waals surface area contributed by atoms with Crippen molar-refractivity contribution in [2.45, 2.75) is 67.9 Å². The summed E-state index contributed by atoms with van der Waals surface area (Å²) < 4.78 is 4.25. The fraction of sp³-hybridized carbons (Fsp3) is 0.619. The Labute approximate surface area is 186 Å². The molecule has 0 radical (unpaired) electrons. The Morgan fingerprint density at radius 3 is 2.68 bits per heavy atom. The SMILES string of the molecule is Cn1c(SCc2cccnc2)nnc1C1CCN(Cc2nnnn2C2CCCC2)CC1. The first-order chi connectivity index (χ1) is 15.3. The van der Waals surface area contributed by atoms with Crippen molar-refractivity contribution in [1.82, 2.24) is 44.9 Å². The van der Waals surface area contributed by atoms with Gasteiger partial charge in [0.1, 0.15) is 5.82 Å². The predicted molar refractivity (Wildman–Crippen MR) is 117 cm³/mol. The molecule has 0 amide bonds. The highest BCUT2D eigenvalue weighted by Crippen LogP contribution is 2.31. The van der Waals surface area contributed by atoms with Gasteiger partial charge in [0.2, 0.25) is 0 Å². The van der Waals surface area contributed by atoms with E-state index in [0.29, 0.717) is 12.0 Å². The molecule has 10 heteroatoms. The number of pyridine rings is 1. The Bertz CT molecular complexity index is 972. The van der Waals surface area contributed by atoms with Gasteiger partial charge in [-0.25, -0.2) is 4.68 Å². The number of rotatable bonds is 7. The quantitative estimate of drug-likeness (QED) is 0.519. The first kappa shape index (κ1) is 20.6. The Morgan fingerprint density at radius 1 is 1.06 bits per heavy atom. The van der Waals surface area contributed by atoms with Crippen LogP contribution >= 0.6 is 11.8 Å². The first-order valence-electron chi connectivity index (χ1n) is 11.2. The molecule has 0 bridgehead atoms. The van der Waals surface area contributed by atoms with E-state index in [2.05, 4.69) is 58.0 Å². The number of aromatic nitrogens is 8. The molecule has 3 aromatic heterocycles. The van der Waals surface area contributed by atoms with Crippen LogP contribution in [0.3, 0.4) is 0 Å². The van der Waals surface area contributed by atoms with Crippen LogP contribution in [0.2, 0.25) is 0 Å². The largest absolute Gasteiger partial charge is 0.309 e. The number of hydrogen-bond acceptors (Lipinski definition) is 8. The third-order valence-corrected chi connectivity index (χ3v) is 7.60. The normalized spacial score (nSPS) is 18.7. The van der Waals surface area contributed by atoms with E-state index in [1.54, 1.807) is 18.0 Å². The number of hydrogen-bond donors (Lipinski definition) is 0. The molecular weight excluding hydrogens is 410 g/mol. The smallest absolute Gasteiger partial charge is 0.191 e. The van der Waals surface area contributed by atoms with Gasteiger partial charge in [-0.3, -0.25) is 9.88 Å². The van der Waals surface area contributed by atoms with Crippen molar-refractivity contribution in [2.24, 2.45) is 7.05 Å². The summed E-state index contributed by atoms with van der Waals surface area (Å²) in [6.45, 7) is 2.90. The van der Waals surface area contributed by atoms with Crippen molar-refractivity contribution in [3.8, 4) is 0 Å². The number of nitrogens with zero attached hydrogens (tertiary/aromatic N) is 9. The number of tetrazole rings is 1. The van der Waals surface area contributed by atoms with Gasteiger partial charge in [-0.15, -0.1) is 15.3 Å². The van der Waals surface area contributed by atoms with Crippen molar-refractivity contribution in [2.75, 3.05) is 13.1 Å². The van der Waals surface area contributed by atoms with E-state index in [4.69, 9.17) is 0 Å². The molecule has 31 heavy (non-hydrogen) atoms. The second-order valence-corrected chi connectivity index (χ2v) is 9.52. The van der Waals surface area contributed by atoms with Crippen LogP contribution < -0.4 is 0 Å². The standard InChI is InChI=1S/C21H29N9S/c1-28-20(24-25-21(28)31-15-16-5-4-10-22-13-16)17-8-11-29(12-9-17)14-19-23-26-27-30(19)18-6-2-3-7-18/h4-5,10,13,17-18H,2-3,6-9,11-12,14-15H2,1H3. The lowest BCUT2D eigenvalue weighted by molar-refractivity contribution is 0.191. The van der Waals surface area contributed by atoms with Gasteiger partial charge in [-0.05, 0) is 60.8 Å². The van der Waals surface area contributed by atoms with Crippen LogP contribution in [0, 0.1) is 0 Å². The van der Waals surface area contributed by atoms with E-state index in [1.165, 1.54) is 31.2 Å². The molecule has 0 spiro atoms. The summed E-state index contributed by atoms with van der Waals surface area (Å²) in [5, 5.41) is 22.5. The highest BCUT2D eigenvalue weighted by atomic mass is 32.2. The number of likely N-dealkylation sites (tertiary alicyclic amines) is 1. The van der Waals surface area contributed by atoms with Crippen molar-refractivity contribution in [3.05, 3.63) is 41.7 Å². The molecule has 9 nitrogen and oxygen atoms in total. The molecule has 1 saturated carbocycles. The summed E-state index contributed by atoms with van der Waals surface area (Å²) in [5.41, 5.74) is 1.20. The van der Waals surface area contributed by atoms with Crippen LogP contribution in [0.1, 0.15) is 67.7 Å². The van der Waals surface area contributed by atoms with Crippen molar-refractivity contribution >= 4 is 11.8 Å². The zero-order valence-electron chi connectivity index (χ0n) is 18.0. The average molecular weight is 440 g/mol. The summed E-state index contributed by atoms with van der Waals surface area (Å²) in [7, 11) is 2.09. The molecule has 2 aliphatic rings. The van der Waals surface area contributed by atoms with E-state index in [9.17, 15) is 0 Å². The summed E-state index contributed by atoms with van der Waals surface area (Å²) >= 11 is 1.72. The maximum absolute atomic E-state index is 4.54. The molecule has 164 valence electrons. The minimum Gasteiger partial charge on any atom is -0.309 e. The highest BCUT2D eigenvalue weighted by molar-refractivity contribution is 7.98. The topological polar surface area (TPSA) is 90.4 Å². The Balaban J connectivity index is 1.16. The maximum atomic E-state index is 4.54. The molecule has 0 N–H and O–H groups in total. The van der Waals surface area contributed by atoms with Gasteiger partial charge >= 0.3 is 0 Å². The molecule has 2 fully saturated rings. The minimum atomic E-state index is 0.451. The zero-order valence-corrected chi connectivity index (χ0v) is 18.8. The summed E-state index contributed by atoms with van der Waals surface area (Å²) in [5.74, 6) is 3.42. The molecule has 5 rings (SSSR count). The molecule has 0 atom stereocenters. The van der Waals surface area contributed by atoms with Gasteiger partial charge in [0.15, 0.2) is 11.0 Å². The second-order valence-electron chi connectivity index (χ2n) is 8.58. The van der Waals surface area contributed by atoms with Gasteiger partial charge < -0.3 is 4.57 Å². The van der Waals surface area contributed by atoms with Gasteiger partial charge in [0, 0.05) is 31.1 Å². The first-order valence-corrected chi connectivity index (χ1v) is 12.2. The van der Waals surface area contributed by atoms with E-state index in [1.807, 2.05) is 12.3 Å². The third-order valence-electron chi connectivity index (χ3n) is 6.51. The van der Waals surface area contributed by atoms with Crippen LogP contribution in [0.5, 0.6) is 0 Å². The van der Waals surface area contributed by atoms with Crippen LogP contribution in [0.25, 0.3) is 0 Å². The van der Waals surface area contributed by atoms with E-state index >= 15 is 0 Å². The van der Waals surface area contributed by atoms with Crippen LogP contribution in [0.15, 0.2) is 29.7 Å². The van der Waals surface area contributed by atoms with Gasteiger partial charge in [-0.1, -0.05) is 30.7 Å². The highest BCUT2D eigenvalue weighted by Gasteiger charge is 2.27. The molecule has 4 heterocycles. The van der Waals surface area contributed by atoms with Crippen LogP contribution in [-0.2, 0) is 19.3 Å². The summed E-state index contributed by atoms with van der Waals surface area (Å²) in [6.07, 6.45) is 10.9. The van der Waals surface area contributed by atoms with Gasteiger partial charge in [-0.2, -0.15) is 0 Å². The van der Waals surface area contributed by atoms with Crippen molar-refractivity contribution in [1.29, 1.82) is 0 Å².